The van der Waals surface area contributed by atoms with Crippen LogP contribution >= 0.6 is 0 Å². The van der Waals surface area contributed by atoms with Crippen molar-refractivity contribution in [1.82, 2.24) is 19.3 Å². The van der Waals surface area contributed by atoms with E-state index in [-0.39, 0.29) is 11.2 Å². The third kappa shape index (κ3) is 3.41. The van der Waals surface area contributed by atoms with Gasteiger partial charge >= 0.3 is 5.69 Å². The summed E-state index contributed by atoms with van der Waals surface area (Å²) >= 11 is 0. The van der Waals surface area contributed by atoms with Crippen molar-refractivity contribution in [2.45, 2.75) is 33.0 Å². The molecule has 0 saturated carbocycles. The Labute approximate surface area is 150 Å². The van der Waals surface area contributed by atoms with Crippen LogP contribution < -0.4 is 16.6 Å². The molecule has 2 aromatic heterocycles. The lowest BCUT2D eigenvalue weighted by molar-refractivity contribution is 0.112. The van der Waals surface area contributed by atoms with Crippen molar-refractivity contribution in [3.8, 4) is 0 Å². The number of anilines is 1. The van der Waals surface area contributed by atoms with Crippen molar-refractivity contribution in [1.29, 1.82) is 0 Å². The number of nitrogens with one attached hydrogen (secondary N) is 2. The van der Waals surface area contributed by atoms with Gasteiger partial charge in [0.05, 0.1) is 19.8 Å². The molecule has 0 bridgehead atoms. The van der Waals surface area contributed by atoms with Gasteiger partial charge in [-0.25, -0.2) is 4.79 Å². The number of aromatic nitrogens is 4. The molecule has 2 heterocycles. The van der Waals surface area contributed by atoms with Crippen LogP contribution in [-0.4, -0.2) is 33.0 Å². The number of hydrogen-bond donors (Lipinski definition) is 2. The van der Waals surface area contributed by atoms with Crippen LogP contribution in [-0.2, 0) is 24.4 Å². The number of ether oxygens (including phenoxy) is 1. The van der Waals surface area contributed by atoms with Gasteiger partial charge in [0.15, 0.2) is 5.65 Å². The molecule has 2 N–H and O–H groups in total. The first-order chi connectivity index (χ1) is 12.7. The number of H-pyrrole nitrogens is 1. The molecule has 3 aromatic rings. The van der Waals surface area contributed by atoms with Crippen molar-refractivity contribution in [3.63, 3.8) is 0 Å². The van der Waals surface area contributed by atoms with Crippen LogP contribution in [0.1, 0.15) is 18.9 Å². The van der Waals surface area contributed by atoms with Crippen LogP contribution in [0.15, 0.2) is 39.9 Å². The highest BCUT2D eigenvalue weighted by atomic mass is 16.5. The zero-order valence-electron chi connectivity index (χ0n) is 15.0. The van der Waals surface area contributed by atoms with E-state index in [9.17, 15) is 9.59 Å². The number of hydrogen-bond acceptors (Lipinski definition) is 5. The normalized spacial score (nSPS) is 11.2. The van der Waals surface area contributed by atoms with E-state index in [1.807, 2.05) is 37.3 Å². The maximum absolute atomic E-state index is 12.8. The maximum atomic E-state index is 12.8. The molecule has 0 atom stereocenters. The minimum Gasteiger partial charge on any atom is -0.375 e. The second-order valence-corrected chi connectivity index (χ2v) is 5.98. The van der Waals surface area contributed by atoms with Gasteiger partial charge in [0.2, 0.25) is 0 Å². The molecule has 0 amide bonds. The fourth-order valence-corrected chi connectivity index (χ4v) is 2.91. The van der Waals surface area contributed by atoms with Crippen LogP contribution in [0.2, 0.25) is 0 Å². The molecular weight excluding hydrogens is 334 g/mol. The fourth-order valence-electron chi connectivity index (χ4n) is 2.91. The Kier molecular flexibility index (Phi) is 5.52. The SMILES string of the molecule is CCCn1c(=O)c2c(NC)[nH]nc2n(CCOCc2ccccc2)c1=O. The van der Waals surface area contributed by atoms with Gasteiger partial charge in [0.25, 0.3) is 5.56 Å². The lowest BCUT2D eigenvalue weighted by Crippen LogP contribution is -2.40. The number of nitrogens with zero attached hydrogens (tertiary/aromatic N) is 3. The summed E-state index contributed by atoms with van der Waals surface area (Å²) in [5, 5.41) is 10.2. The average Bonchev–Trinajstić information content (AvgIpc) is 3.09. The van der Waals surface area contributed by atoms with Crippen molar-refractivity contribution < 1.29 is 4.74 Å². The van der Waals surface area contributed by atoms with Crippen molar-refractivity contribution in [3.05, 3.63) is 56.7 Å². The van der Waals surface area contributed by atoms with E-state index in [0.29, 0.717) is 49.6 Å². The standard InChI is InChI=1S/C18H23N5O3/c1-3-9-23-17(24)14-15(19-2)20-21-16(14)22(18(23)25)10-11-26-12-13-7-5-4-6-8-13/h4-8H,3,9-12H2,1-2H3,(H2,19,20,21). The molecule has 138 valence electrons. The molecule has 0 fully saturated rings. The van der Waals surface area contributed by atoms with Gasteiger partial charge in [-0.05, 0) is 12.0 Å². The van der Waals surface area contributed by atoms with Crippen LogP contribution in [0.4, 0.5) is 5.82 Å². The summed E-state index contributed by atoms with van der Waals surface area (Å²) in [5.74, 6) is 0.508. The predicted molar refractivity (Wildman–Crippen MR) is 101 cm³/mol. The molecule has 3 rings (SSSR count). The van der Waals surface area contributed by atoms with E-state index in [0.717, 1.165) is 5.56 Å². The van der Waals surface area contributed by atoms with Gasteiger partial charge in [0, 0.05) is 13.6 Å². The van der Waals surface area contributed by atoms with Crippen LogP contribution in [0.3, 0.4) is 0 Å². The Morgan fingerprint density at radius 1 is 1.15 bits per heavy atom. The van der Waals surface area contributed by atoms with Crippen molar-refractivity contribution in [2.24, 2.45) is 0 Å². The van der Waals surface area contributed by atoms with E-state index in [1.54, 1.807) is 7.05 Å². The molecule has 0 aliphatic carbocycles. The third-order valence-corrected chi connectivity index (χ3v) is 4.19. The molecule has 8 heteroatoms. The van der Waals surface area contributed by atoms with Gasteiger partial charge in [-0.2, -0.15) is 5.10 Å². The summed E-state index contributed by atoms with van der Waals surface area (Å²) < 4.78 is 8.44. The summed E-state index contributed by atoms with van der Waals surface area (Å²) in [7, 11) is 1.70. The Bertz CT molecular complexity index is 988. The number of fused-ring (bicyclic) bond motifs is 1. The summed E-state index contributed by atoms with van der Waals surface area (Å²) in [6.07, 6.45) is 0.692. The third-order valence-electron chi connectivity index (χ3n) is 4.19. The zero-order valence-corrected chi connectivity index (χ0v) is 15.0. The highest BCUT2D eigenvalue weighted by Gasteiger charge is 2.18. The highest BCUT2D eigenvalue weighted by Crippen LogP contribution is 2.14. The van der Waals surface area contributed by atoms with Crippen LogP contribution in [0, 0.1) is 0 Å². The lowest BCUT2D eigenvalue weighted by Gasteiger charge is -2.11. The Balaban J connectivity index is 1.88. The minimum absolute atomic E-state index is 0.320. The van der Waals surface area contributed by atoms with Gasteiger partial charge in [-0.1, -0.05) is 37.3 Å². The summed E-state index contributed by atoms with van der Waals surface area (Å²) in [5.41, 5.74) is 0.728. The topological polar surface area (TPSA) is 93.9 Å². The molecule has 1 aromatic carbocycles. The zero-order chi connectivity index (χ0) is 18.5. The van der Waals surface area contributed by atoms with Crippen molar-refractivity contribution >= 4 is 16.9 Å². The van der Waals surface area contributed by atoms with E-state index in [1.165, 1.54) is 9.13 Å². The summed E-state index contributed by atoms with van der Waals surface area (Å²) in [6, 6.07) is 9.83. The largest absolute Gasteiger partial charge is 0.375 e. The first-order valence-corrected chi connectivity index (χ1v) is 8.68. The monoisotopic (exact) mass is 357 g/mol. The highest BCUT2D eigenvalue weighted by molar-refractivity contribution is 5.86. The first kappa shape index (κ1) is 17.9. The number of rotatable bonds is 8. The molecule has 0 aliphatic heterocycles. The summed E-state index contributed by atoms with van der Waals surface area (Å²) in [4.78, 5) is 25.4. The molecule has 0 aliphatic rings. The fraction of sp³-hybridized carbons (Fsp3) is 0.389. The van der Waals surface area contributed by atoms with E-state index >= 15 is 0 Å². The Hall–Kier alpha value is -2.87. The van der Waals surface area contributed by atoms with Gasteiger partial charge in [0.1, 0.15) is 11.2 Å². The van der Waals surface area contributed by atoms with Crippen molar-refractivity contribution in [2.75, 3.05) is 19.0 Å². The molecule has 0 spiro atoms. The lowest BCUT2D eigenvalue weighted by atomic mass is 10.2. The molecule has 0 saturated heterocycles. The number of aromatic amines is 1. The quantitative estimate of drug-likeness (QED) is 0.597. The van der Waals surface area contributed by atoms with E-state index in [2.05, 4.69) is 15.5 Å². The van der Waals surface area contributed by atoms with Crippen LogP contribution in [0.25, 0.3) is 11.0 Å². The predicted octanol–water partition coefficient (Wildman–Crippen LogP) is 1.55. The maximum Gasteiger partial charge on any atom is 0.332 e. The Morgan fingerprint density at radius 2 is 1.92 bits per heavy atom. The van der Waals surface area contributed by atoms with Gasteiger partial charge in [-0.3, -0.25) is 19.0 Å². The van der Waals surface area contributed by atoms with E-state index < -0.39 is 0 Å². The Morgan fingerprint density at radius 3 is 2.62 bits per heavy atom. The number of benzene rings is 1. The molecule has 26 heavy (non-hydrogen) atoms. The average molecular weight is 357 g/mol. The van der Waals surface area contributed by atoms with Gasteiger partial charge < -0.3 is 10.1 Å². The summed E-state index contributed by atoms with van der Waals surface area (Å²) in [6.45, 7) is 3.43. The molecular formula is C18H23N5O3. The molecule has 8 nitrogen and oxygen atoms in total. The molecule has 0 unspecified atom stereocenters. The first-order valence-electron chi connectivity index (χ1n) is 8.68. The van der Waals surface area contributed by atoms with Gasteiger partial charge in [-0.15, -0.1) is 0 Å². The smallest absolute Gasteiger partial charge is 0.332 e. The van der Waals surface area contributed by atoms with E-state index in [4.69, 9.17) is 4.74 Å². The second kappa shape index (κ2) is 8.01. The van der Waals surface area contributed by atoms with Crippen LogP contribution in [0.5, 0.6) is 0 Å². The molecule has 0 radical (unpaired) electrons. The minimum atomic E-state index is -0.359. The second-order valence-electron chi connectivity index (χ2n) is 5.98.